The second-order valence-corrected chi connectivity index (χ2v) is 4.27. The Morgan fingerprint density at radius 3 is 2.56 bits per heavy atom. The van der Waals surface area contributed by atoms with Crippen molar-refractivity contribution >= 4 is 5.57 Å². The van der Waals surface area contributed by atoms with Crippen LogP contribution in [0.25, 0.3) is 5.57 Å². The first-order chi connectivity index (χ1) is 8.49. The molecule has 0 atom stereocenters. The van der Waals surface area contributed by atoms with E-state index >= 15 is 0 Å². The summed E-state index contributed by atoms with van der Waals surface area (Å²) < 4.78 is 37.8. The summed E-state index contributed by atoms with van der Waals surface area (Å²) in [5, 5.41) is 0. The lowest BCUT2D eigenvalue weighted by Crippen LogP contribution is -2.05. The van der Waals surface area contributed by atoms with Crippen molar-refractivity contribution in [2.24, 2.45) is 0 Å². The summed E-state index contributed by atoms with van der Waals surface area (Å²) in [5.41, 5.74) is 0.903. The van der Waals surface area contributed by atoms with Gasteiger partial charge in [-0.05, 0) is 43.0 Å². The molecule has 1 aromatic rings. The molecule has 0 bridgehead atoms. The van der Waals surface area contributed by atoms with Gasteiger partial charge in [-0.15, -0.1) is 0 Å². The Balaban J connectivity index is 2.87. The Morgan fingerprint density at radius 2 is 2.00 bits per heavy atom. The molecule has 0 saturated heterocycles. The second-order valence-electron chi connectivity index (χ2n) is 4.27. The van der Waals surface area contributed by atoms with Crippen molar-refractivity contribution in [3.63, 3.8) is 0 Å². The van der Waals surface area contributed by atoms with Crippen molar-refractivity contribution in [3.8, 4) is 0 Å². The lowest BCUT2D eigenvalue weighted by molar-refractivity contribution is -0.137. The molecule has 1 aromatic carbocycles. The number of alkyl halides is 3. The maximum Gasteiger partial charge on any atom is 0.416 e. The highest BCUT2D eigenvalue weighted by molar-refractivity contribution is 5.66. The van der Waals surface area contributed by atoms with Crippen molar-refractivity contribution < 1.29 is 13.2 Å². The van der Waals surface area contributed by atoms with E-state index in [-0.39, 0.29) is 0 Å². The highest BCUT2D eigenvalue weighted by Crippen LogP contribution is 2.31. The second kappa shape index (κ2) is 6.62. The van der Waals surface area contributed by atoms with E-state index in [1.165, 1.54) is 12.1 Å². The zero-order valence-electron chi connectivity index (χ0n) is 10.6. The summed E-state index contributed by atoms with van der Waals surface area (Å²) in [5.74, 6) is 0. The Bertz CT molecular complexity index is 402. The first kappa shape index (κ1) is 14.8. The van der Waals surface area contributed by atoms with Crippen LogP contribution in [0.3, 0.4) is 0 Å². The van der Waals surface area contributed by atoms with Crippen LogP contribution in [0.15, 0.2) is 30.3 Å². The molecule has 0 fully saturated rings. The van der Waals surface area contributed by atoms with Crippen molar-refractivity contribution in [2.45, 2.75) is 38.8 Å². The molecular weight excluding hydrogens is 237 g/mol. The molecule has 99 valence electrons. The van der Waals surface area contributed by atoms with Crippen LogP contribution in [-0.2, 0) is 6.18 Å². The van der Waals surface area contributed by atoms with E-state index in [0.29, 0.717) is 5.56 Å². The monoisotopic (exact) mass is 255 g/mol. The summed E-state index contributed by atoms with van der Waals surface area (Å²) in [4.78, 5) is 0. The van der Waals surface area contributed by atoms with Gasteiger partial charge in [-0.2, -0.15) is 13.2 Å². The van der Waals surface area contributed by atoms with Gasteiger partial charge in [0.1, 0.15) is 0 Å². The fourth-order valence-electron chi connectivity index (χ4n) is 1.82. The van der Waals surface area contributed by atoms with E-state index in [4.69, 9.17) is 0 Å². The largest absolute Gasteiger partial charge is 0.416 e. The van der Waals surface area contributed by atoms with Crippen LogP contribution in [0, 0.1) is 6.92 Å². The minimum Gasteiger partial charge on any atom is -0.166 e. The Labute approximate surface area is 107 Å². The lowest BCUT2D eigenvalue weighted by Gasteiger charge is -2.11. The smallest absolute Gasteiger partial charge is 0.166 e. The molecule has 0 aliphatic carbocycles. The number of benzene rings is 1. The van der Waals surface area contributed by atoms with Gasteiger partial charge >= 0.3 is 6.18 Å². The third-order valence-corrected chi connectivity index (χ3v) is 2.86. The lowest BCUT2D eigenvalue weighted by atomic mass is 9.98. The first-order valence-electron chi connectivity index (χ1n) is 6.15. The molecule has 0 nitrogen and oxygen atoms in total. The molecule has 0 saturated carbocycles. The number of unbranched alkanes of at least 4 members (excludes halogenated alkanes) is 2. The third kappa shape index (κ3) is 4.21. The molecule has 0 aliphatic heterocycles. The first-order valence-corrected chi connectivity index (χ1v) is 6.15. The Kier molecular flexibility index (Phi) is 5.45. The van der Waals surface area contributed by atoms with E-state index in [2.05, 4.69) is 13.8 Å². The number of hydrogen-bond donors (Lipinski definition) is 0. The van der Waals surface area contributed by atoms with Crippen molar-refractivity contribution in [3.05, 3.63) is 48.4 Å². The number of rotatable bonds is 5. The molecule has 0 N–H and O–H groups in total. The van der Waals surface area contributed by atoms with Crippen LogP contribution in [0.1, 0.15) is 43.7 Å². The van der Waals surface area contributed by atoms with Crippen LogP contribution in [0.4, 0.5) is 13.2 Å². The Morgan fingerprint density at radius 1 is 1.28 bits per heavy atom. The van der Waals surface area contributed by atoms with Crippen LogP contribution < -0.4 is 0 Å². The summed E-state index contributed by atoms with van der Waals surface area (Å²) in [6.45, 7) is 5.78. The van der Waals surface area contributed by atoms with E-state index in [0.717, 1.165) is 37.3 Å². The molecular formula is C15H18F3. The van der Waals surface area contributed by atoms with E-state index in [9.17, 15) is 13.2 Å². The molecule has 3 heteroatoms. The van der Waals surface area contributed by atoms with Gasteiger partial charge in [0, 0.05) is 0 Å². The molecule has 0 spiro atoms. The Hall–Kier alpha value is -1.25. The summed E-state index contributed by atoms with van der Waals surface area (Å²) in [6.07, 6.45) is 1.30. The van der Waals surface area contributed by atoms with Gasteiger partial charge in [-0.25, -0.2) is 0 Å². The van der Waals surface area contributed by atoms with E-state index in [1.54, 1.807) is 12.1 Å². The topological polar surface area (TPSA) is 0 Å². The van der Waals surface area contributed by atoms with Gasteiger partial charge in [0.05, 0.1) is 5.56 Å². The maximum atomic E-state index is 12.6. The summed E-state index contributed by atoms with van der Waals surface area (Å²) in [6, 6.07) is 5.44. The highest BCUT2D eigenvalue weighted by atomic mass is 19.4. The zero-order chi connectivity index (χ0) is 13.6. The van der Waals surface area contributed by atoms with Gasteiger partial charge in [0.25, 0.3) is 0 Å². The molecule has 18 heavy (non-hydrogen) atoms. The van der Waals surface area contributed by atoms with Gasteiger partial charge in [-0.3, -0.25) is 0 Å². The molecule has 0 unspecified atom stereocenters. The predicted octanol–water partition coefficient (Wildman–Crippen LogP) is 5.50. The molecule has 0 aromatic heterocycles. The summed E-state index contributed by atoms with van der Waals surface area (Å²) in [7, 11) is 0. The normalized spacial score (nSPS) is 12.8. The zero-order valence-corrected chi connectivity index (χ0v) is 10.6. The molecule has 1 rings (SSSR count). The highest BCUT2D eigenvalue weighted by Gasteiger charge is 2.30. The molecule has 0 aliphatic rings. The minimum absolute atomic E-state index is 0.602. The number of halogens is 3. The van der Waals surface area contributed by atoms with Gasteiger partial charge in [-0.1, -0.05) is 38.0 Å². The van der Waals surface area contributed by atoms with Crippen molar-refractivity contribution in [1.29, 1.82) is 0 Å². The molecule has 0 amide bonds. The average molecular weight is 255 g/mol. The molecule has 0 heterocycles. The van der Waals surface area contributed by atoms with Crippen LogP contribution >= 0.6 is 0 Å². The van der Waals surface area contributed by atoms with Gasteiger partial charge in [0.2, 0.25) is 0 Å². The maximum absolute atomic E-state index is 12.6. The third-order valence-electron chi connectivity index (χ3n) is 2.86. The van der Waals surface area contributed by atoms with E-state index in [1.807, 2.05) is 0 Å². The fourth-order valence-corrected chi connectivity index (χ4v) is 1.82. The number of allylic oxidation sites excluding steroid dienone is 2. The van der Waals surface area contributed by atoms with Crippen molar-refractivity contribution in [1.82, 2.24) is 0 Å². The fraction of sp³-hybridized carbons (Fsp3) is 0.400. The standard InChI is InChI=1S/C15H18F3/c1-3-5-6-8-12(4-2)13-9-7-10-14(11-13)15(16,17)18/h4,7,9-11H,2-3,5-6,8H2,1H3. The average Bonchev–Trinajstić information content (AvgIpc) is 2.34. The molecule has 1 radical (unpaired) electrons. The van der Waals surface area contributed by atoms with Gasteiger partial charge < -0.3 is 0 Å². The van der Waals surface area contributed by atoms with E-state index < -0.39 is 11.7 Å². The van der Waals surface area contributed by atoms with Crippen molar-refractivity contribution in [2.75, 3.05) is 0 Å². The van der Waals surface area contributed by atoms with Crippen LogP contribution in [-0.4, -0.2) is 0 Å². The summed E-state index contributed by atoms with van der Waals surface area (Å²) >= 11 is 0. The minimum atomic E-state index is -4.29. The van der Waals surface area contributed by atoms with Crippen LogP contribution in [0.5, 0.6) is 0 Å². The van der Waals surface area contributed by atoms with Gasteiger partial charge in [0.15, 0.2) is 0 Å². The van der Waals surface area contributed by atoms with Crippen LogP contribution in [0.2, 0.25) is 0 Å². The SMILES string of the molecule is [CH2]C=C(CCCCC)c1cccc(C(F)(F)F)c1. The number of hydrogen-bond acceptors (Lipinski definition) is 0. The predicted molar refractivity (Wildman–Crippen MR) is 68.9 cm³/mol. The quantitative estimate of drug-likeness (QED) is 0.609.